The molecule has 0 aromatic carbocycles. The fourth-order valence-electron chi connectivity index (χ4n) is 0. The fraction of sp³-hybridized carbons (Fsp3) is 0.500. The second kappa shape index (κ2) is 82.7. The minimum Gasteiger partial charge on any atom is -0.548 e. The summed E-state index contributed by atoms with van der Waals surface area (Å²) in [5.74, 6) is -5.76. The Balaban J connectivity index is -0.00000000970. The number of carboxylic acids is 4. The molecule has 29 heavy (non-hydrogen) atoms. The van der Waals surface area contributed by atoms with Gasteiger partial charge in [0, 0.05) is 0 Å². The summed E-state index contributed by atoms with van der Waals surface area (Å²) in [6.45, 7) is -3.56. The van der Waals surface area contributed by atoms with Crippen LogP contribution in [0.5, 0.6) is 0 Å². The van der Waals surface area contributed by atoms with E-state index in [1.807, 2.05) is 0 Å². The standard InChI is InChI=1S/4C2H4O3.8H3N.Pt/c4*3-1-2(4)5;;;;;;;;;/h4*3H,1H2,(H,4,5);8*1H3;/q;;;;;;;;;;;;+4/p-4. The molecule has 20 nitrogen and oxygen atoms in total. The number of hydrogen-bond donors (Lipinski definition) is 12. The van der Waals surface area contributed by atoms with Crippen molar-refractivity contribution in [2.45, 2.75) is 0 Å². The molecule has 0 bridgehead atoms. The number of hydrogen-bond acceptors (Lipinski definition) is 20. The van der Waals surface area contributed by atoms with Gasteiger partial charge in [-0.15, -0.1) is 0 Å². The molecule has 0 rings (SSSR count). The monoisotopic (exact) mass is 631 g/mol. The minimum atomic E-state index is -1.44. The van der Waals surface area contributed by atoms with Crippen LogP contribution in [0.3, 0.4) is 0 Å². The van der Waals surface area contributed by atoms with Crippen molar-refractivity contribution in [1.29, 1.82) is 0 Å². The molecule has 28 N–H and O–H groups in total. The Bertz CT molecular complexity index is 247. The quantitative estimate of drug-likeness (QED) is 0.137. The van der Waals surface area contributed by atoms with Crippen LogP contribution < -0.4 is 69.6 Å². The second-order valence-electron chi connectivity index (χ2n) is 2.12. The van der Waals surface area contributed by atoms with Crippen molar-refractivity contribution in [2.24, 2.45) is 0 Å². The molecule has 0 unspecified atom stereocenters. The van der Waals surface area contributed by atoms with Crippen molar-refractivity contribution in [1.82, 2.24) is 49.2 Å². The van der Waals surface area contributed by atoms with E-state index >= 15 is 0 Å². The van der Waals surface area contributed by atoms with Crippen LogP contribution in [0.25, 0.3) is 0 Å². The number of carbonyl (C=O) groups excluding carboxylic acids is 4. The van der Waals surface area contributed by atoms with E-state index in [1.165, 1.54) is 0 Å². The van der Waals surface area contributed by atoms with E-state index in [-0.39, 0.29) is 70.3 Å². The number of carboxylic acid groups (broad SMARTS) is 4. The van der Waals surface area contributed by atoms with Crippen LogP contribution in [-0.2, 0) is 40.2 Å². The normalized spacial score (nSPS) is 5.10. The van der Waals surface area contributed by atoms with Crippen LogP contribution in [0.1, 0.15) is 0 Å². The van der Waals surface area contributed by atoms with Crippen LogP contribution in [0, 0.1) is 0 Å². The van der Waals surface area contributed by atoms with Crippen LogP contribution in [0.4, 0.5) is 0 Å². The number of rotatable bonds is 4. The largest absolute Gasteiger partial charge is 4.00 e. The van der Waals surface area contributed by atoms with Crippen molar-refractivity contribution in [3.05, 3.63) is 0 Å². The Morgan fingerprint density at radius 3 is 0.448 bits per heavy atom. The molecule has 190 valence electrons. The Morgan fingerprint density at radius 1 is 0.414 bits per heavy atom. The third-order valence-corrected chi connectivity index (χ3v) is 0.516. The molecule has 0 heterocycles. The van der Waals surface area contributed by atoms with Gasteiger partial charge >= 0.3 is 21.1 Å². The summed E-state index contributed by atoms with van der Waals surface area (Å²) < 4.78 is 0. The van der Waals surface area contributed by atoms with Gasteiger partial charge in [-0.3, -0.25) is 0 Å². The van der Waals surface area contributed by atoms with Gasteiger partial charge in [-0.25, -0.2) is 0 Å². The number of aliphatic carboxylic acids is 4. The van der Waals surface area contributed by atoms with Gasteiger partial charge in [0.2, 0.25) is 0 Å². The van der Waals surface area contributed by atoms with Crippen molar-refractivity contribution in [2.75, 3.05) is 26.4 Å². The van der Waals surface area contributed by atoms with E-state index in [2.05, 4.69) is 0 Å². The Morgan fingerprint density at radius 2 is 0.448 bits per heavy atom. The van der Waals surface area contributed by atoms with Gasteiger partial charge < -0.3 is 109 Å². The van der Waals surface area contributed by atoms with Gasteiger partial charge in [0.05, 0.1) is 50.3 Å². The molecule has 0 atom stereocenters. The summed E-state index contributed by atoms with van der Waals surface area (Å²) in [6.07, 6.45) is 0. The van der Waals surface area contributed by atoms with E-state index in [4.69, 9.17) is 60.0 Å². The maximum absolute atomic E-state index is 9.01. The van der Waals surface area contributed by atoms with Crippen molar-refractivity contribution >= 4 is 23.9 Å². The van der Waals surface area contributed by atoms with E-state index < -0.39 is 50.3 Å². The Labute approximate surface area is 181 Å². The topological polar surface area (TPSA) is 521 Å². The Kier molecular flexibility index (Phi) is 265. The molecule has 0 aliphatic heterocycles. The van der Waals surface area contributed by atoms with Gasteiger partial charge in [-0.2, -0.15) is 0 Å². The summed E-state index contributed by atoms with van der Waals surface area (Å²) in [5.41, 5.74) is 0. The predicted molar refractivity (Wildman–Crippen MR) is 88.5 cm³/mol. The van der Waals surface area contributed by atoms with Gasteiger partial charge in [0.15, 0.2) is 0 Å². The van der Waals surface area contributed by atoms with E-state index in [1.54, 1.807) is 0 Å². The first-order valence-corrected chi connectivity index (χ1v) is 4.31. The molecule has 0 aliphatic rings. The van der Waals surface area contributed by atoms with Gasteiger partial charge in [-0.1, -0.05) is 0 Å². The summed E-state index contributed by atoms with van der Waals surface area (Å²) in [7, 11) is 0. The minimum absolute atomic E-state index is 0. The molecular weight excluding hydrogens is 595 g/mol. The molecule has 0 saturated carbocycles. The van der Waals surface area contributed by atoms with Gasteiger partial charge in [0.25, 0.3) is 0 Å². The smallest absolute Gasteiger partial charge is 0.548 e. The van der Waals surface area contributed by atoms with Crippen LogP contribution in [-0.4, -0.2) is 70.7 Å². The molecule has 0 aliphatic carbocycles. The first-order valence-electron chi connectivity index (χ1n) is 4.31. The molecule has 0 aromatic rings. The summed E-state index contributed by atoms with van der Waals surface area (Å²) in [6, 6.07) is 0. The van der Waals surface area contributed by atoms with Gasteiger partial charge in [0.1, 0.15) is 0 Å². The third-order valence-electron chi connectivity index (χ3n) is 0.516. The van der Waals surface area contributed by atoms with E-state index in [9.17, 15) is 0 Å². The van der Waals surface area contributed by atoms with Crippen LogP contribution >= 0.6 is 0 Å². The van der Waals surface area contributed by atoms with E-state index in [0.717, 1.165) is 0 Å². The maximum atomic E-state index is 9.01. The molecule has 0 aromatic heterocycles. The maximum Gasteiger partial charge on any atom is 4.00 e. The number of aliphatic hydroxyl groups is 4. The zero-order valence-electron chi connectivity index (χ0n) is 15.9. The number of aliphatic hydroxyl groups excluding tert-OH is 4. The molecule has 0 saturated heterocycles. The summed E-state index contributed by atoms with van der Waals surface area (Å²) >= 11 is 0. The van der Waals surface area contributed by atoms with Crippen molar-refractivity contribution < 1.29 is 81.1 Å². The SMILES string of the molecule is N.N.N.N.N.N.N.N.O=C([O-])CO.O=C([O-])CO.O=C([O-])CO.O=C([O-])CO.[Pt+4]. The zero-order chi connectivity index (χ0) is 17.1. The van der Waals surface area contributed by atoms with Crippen molar-refractivity contribution in [3.8, 4) is 0 Å². The number of carbonyl (C=O) groups is 4. The van der Waals surface area contributed by atoms with Gasteiger partial charge in [-0.05, 0) is 0 Å². The van der Waals surface area contributed by atoms with E-state index in [0.29, 0.717) is 0 Å². The molecule has 21 heteroatoms. The first-order chi connectivity index (χ1) is 9.08. The predicted octanol–water partition coefficient (Wildman–Crippen LogP) is -7.79. The summed E-state index contributed by atoms with van der Waals surface area (Å²) in [4.78, 5) is 36.0. The van der Waals surface area contributed by atoms with Crippen LogP contribution in [0.2, 0.25) is 0 Å². The second-order valence-corrected chi connectivity index (χ2v) is 2.12. The first kappa shape index (κ1) is 92.9. The Hall–Kier alpha value is -1.91. The molecule has 0 amide bonds. The molecule has 0 spiro atoms. The van der Waals surface area contributed by atoms with Crippen molar-refractivity contribution in [3.63, 3.8) is 0 Å². The average molecular weight is 631 g/mol. The summed E-state index contributed by atoms with van der Waals surface area (Å²) in [5, 5.41) is 66.0. The third kappa shape index (κ3) is 408. The zero-order valence-corrected chi connectivity index (χ0v) is 18.1. The average Bonchev–Trinajstić information content (AvgIpc) is 2.40. The molecule has 0 fully saturated rings. The van der Waals surface area contributed by atoms with Crippen LogP contribution in [0.15, 0.2) is 0 Å². The fourth-order valence-corrected chi connectivity index (χ4v) is 0. The molecular formula is C8H36N8O12Pt. The molecule has 0 radical (unpaired) electrons.